The minimum Gasteiger partial charge on any atom is -0.497 e. The number of rotatable bonds is 2. The van der Waals surface area contributed by atoms with E-state index < -0.39 is 0 Å². The van der Waals surface area contributed by atoms with Crippen LogP contribution in [-0.2, 0) is 6.42 Å². The van der Waals surface area contributed by atoms with Gasteiger partial charge in [-0.3, -0.25) is 4.79 Å². The molecule has 0 spiro atoms. The maximum atomic E-state index is 12.5. The molecule has 0 saturated carbocycles. The van der Waals surface area contributed by atoms with Crippen LogP contribution in [-0.4, -0.2) is 12.9 Å². The minimum atomic E-state index is 0.137. The van der Waals surface area contributed by atoms with E-state index in [-0.39, 0.29) is 5.78 Å². The Morgan fingerprint density at radius 1 is 1.05 bits per heavy atom. The number of benzene rings is 2. The van der Waals surface area contributed by atoms with E-state index in [0.29, 0.717) is 0 Å². The van der Waals surface area contributed by atoms with Gasteiger partial charge in [0, 0.05) is 11.1 Å². The number of aryl methyl sites for hydroxylation is 1. The number of hydrogen-bond donors (Lipinski definition) is 0. The van der Waals surface area contributed by atoms with Crippen molar-refractivity contribution < 1.29 is 9.53 Å². The molecule has 2 aromatic rings. The highest BCUT2D eigenvalue weighted by Gasteiger charge is 2.22. The average molecular weight is 264 g/mol. The fourth-order valence-corrected chi connectivity index (χ4v) is 2.57. The number of ether oxygens (including phenoxy) is 1. The Hall–Kier alpha value is -2.35. The quantitative estimate of drug-likeness (QED) is 0.769. The second-order valence-electron chi connectivity index (χ2n) is 4.93. The molecule has 0 N–H and O–H groups in total. The summed E-state index contributed by atoms with van der Waals surface area (Å²) in [7, 11) is 1.65. The van der Waals surface area contributed by atoms with Crippen molar-refractivity contribution in [2.45, 2.75) is 12.8 Å². The Bertz CT molecular complexity index is 669. The Morgan fingerprint density at radius 2 is 1.85 bits per heavy atom. The van der Waals surface area contributed by atoms with Crippen LogP contribution in [0.4, 0.5) is 0 Å². The standard InChI is InChI=1S/C18H16O2/c1-20-16-9-10-17-14(12-16)7-8-15(18(17)19)11-13-5-3-2-4-6-13/h2-6,9-12H,7-8H2,1H3/b15-11+. The highest BCUT2D eigenvalue weighted by Crippen LogP contribution is 2.29. The maximum Gasteiger partial charge on any atom is 0.189 e. The third-order valence-electron chi connectivity index (χ3n) is 3.65. The Balaban J connectivity index is 1.95. The molecule has 0 heterocycles. The summed E-state index contributed by atoms with van der Waals surface area (Å²) in [5.74, 6) is 0.949. The van der Waals surface area contributed by atoms with Crippen LogP contribution >= 0.6 is 0 Å². The zero-order valence-electron chi connectivity index (χ0n) is 11.4. The van der Waals surface area contributed by atoms with Gasteiger partial charge in [0.15, 0.2) is 5.78 Å². The molecule has 3 rings (SSSR count). The molecule has 0 bridgehead atoms. The van der Waals surface area contributed by atoms with Gasteiger partial charge in [0.2, 0.25) is 0 Å². The molecule has 0 amide bonds. The third-order valence-corrected chi connectivity index (χ3v) is 3.65. The van der Waals surface area contributed by atoms with Gasteiger partial charge in [-0.2, -0.15) is 0 Å². The van der Waals surface area contributed by atoms with E-state index in [2.05, 4.69) is 0 Å². The lowest BCUT2D eigenvalue weighted by molar-refractivity contribution is 0.102. The van der Waals surface area contributed by atoms with Gasteiger partial charge in [0.05, 0.1) is 7.11 Å². The molecular weight excluding hydrogens is 248 g/mol. The summed E-state index contributed by atoms with van der Waals surface area (Å²) >= 11 is 0. The summed E-state index contributed by atoms with van der Waals surface area (Å²) in [5.41, 5.74) is 3.85. The molecule has 0 saturated heterocycles. The number of fused-ring (bicyclic) bond motifs is 1. The molecule has 2 nitrogen and oxygen atoms in total. The molecule has 2 heteroatoms. The van der Waals surface area contributed by atoms with Gasteiger partial charge in [0.25, 0.3) is 0 Å². The van der Waals surface area contributed by atoms with E-state index in [1.54, 1.807) is 7.11 Å². The molecule has 1 aliphatic carbocycles. The molecule has 20 heavy (non-hydrogen) atoms. The topological polar surface area (TPSA) is 26.3 Å². The SMILES string of the molecule is COc1ccc2c(c1)CC/C(=C\c1ccccc1)C2=O. The van der Waals surface area contributed by atoms with E-state index in [4.69, 9.17) is 4.74 Å². The van der Waals surface area contributed by atoms with E-state index in [9.17, 15) is 4.79 Å². The highest BCUT2D eigenvalue weighted by atomic mass is 16.5. The predicted octanol–water partition coefficient (Wildman–Crippen LogP) is 3.91. The van der Waals surface area contributed by atoms with Crippen molar-refractivity contribution in [3.8, 4) is 5.75 Å². The van der Waals surface area contributed by atoms with Crippen molar-refractivity contribution in [1.82, 2.24) is 0 Å². The van der Waals surface area contributed by atoms with Crippen LogP contribution < -0.4 is 4.74 Å². The van der Waals surface area contributed by atoms with Crippen molar-refractivity contribution in [2.75, 3.05) is 7.11 Å². The van der Waals surface area contributed by atoms with Crippen molar-refractivity contribution in [3.05, 3.63) is 70.8 Å². The van der Waals surface area contributed by atoms with E-state index >= 15 is 0 Å². The van der Waals surface area contributed by atoms with E-state index in [1.165, 1.54) is 0 Å². The Kier molecular flexibility index (Phi) is 3.38. The number of methoxy groups -OCH3 is 1. The molecule has 100 valence electrons. The molecule has 0 aromatic heterocycles. The van der Waals surface area contributed by atoms with Crippen molar-refractivity contribution in [1.29, 1.82) is 0 Å². The van der Waals surface area contributed by atoms with Crippen molar-refractivity contribution >= 4 is 11.9 Å². The number of Topliss-reactive ketones (excluding diaryl/α,β-unsaturated/α-hetero) is 1. The summed E-state index contributed by atoms with van der Waals surface area (Å²) in [6, 6.07) is 15.7. The highest BCUT2D eigenvalue weighted by molar-refractivity contribution is 6.13. The number of hydrogen-bond acceptors (Lipinski definition) is 2. The van der Waals surface area contributed by atoms with E-state index in [0.717, 1.165) is 40.9 Å². The second kappa shape index (κ2) is 5.33. The molecule has 0 aliphatic heterocycles. The van der Waals surface area contributed by atoms with Crippen LogP contribution in [0.1, 0.15) is 27.9 Å². The summed E-state index contributed by atoms with van der Waals surface area (Å²) in [5, 5.41) is 0. The fraction of sp³-hybridized carbons (Fsp3) is 0.167. The summed E-state index contributed by atoms with van der Waals surface area (Å²) in [4.78, 5) is 12.5. The average Bonchev–Trinajstić information content (AvgIpc) is 2.51. The Morgan fingerprint density at radius 3 is 2.60 bits per heavy atom. The molecule has 0 fully saturated rings. The lowest BCUT2D eigenvalue weighted by atomic mass is 9.86. The van der Waals surface area contributed by atoms with Gasteiger partial charge >= 0.3 is 0 Å². The number of carbonyl (C=O) groups excluding carboxylic acids is 1. The summed E-state index contributed by atoms with van der Waals surface area (Å²) < 4.78 is 5.21. The van der Waals surface area contributed by atoms with Gasteiger partial charge in [0.1, 0.15) is 5.75 Å². The first-order valence-corrected chi connectivity index (χ1v) is 6.75. The van der Waals surface area contributed by atoms with Crippen LogP contribution in [0.25, 0.3) is 6.08 Å². The number of ketones is 1. The lowest BCUT2D eigenvalue weighted by Crippen LogP contribution is -2.14. The molecule has 0 atom stereocenters. The molecular formula is C18H16O2. The zero-order chi connectivity index (χ0) is 13.9. The molecule has 0 unspecified atom stereocenters. The largest absolute Gasteiger partial charge is 0.497 e. The molecule has 1 aliphatic rings. The monoisotopic (exact) mass is 264 g/mol. The van der Waals surface area contributed by atoms with Gasteiger partial charge < -0.3 is 4.74 Å². The predicted molar refractivity (Wildman–Crippen MR) is 80.1 cm³/mol. The van der Waals surface area contributed by atoms with Crippen LogP contribution in [0, 0.1) is 0 Å². The number of carbonyl (C=O) groups is 1. The summed E-state index contributed by atoms with van der Waals surface area (Å²) in [6.07, 6.45) is 3.67. The minimum absolute atomic E-state index is 0.137. The zero-order valence-corrected chi connectivity index (χ0v) is 11.4. The van der Waals surface area contributed by atoms with Crippen LogP contribution in [0.2, 0.25) is 0 Å². The first-order valence-electron chi connectivity index (χ1n) is 6.75. The van der Waals surface area contributed by atoms with Crippen molar-refractivity contribution in [3.63, 3.8) is 0 Å². The van der Waals surface area contributed by atoms with Gasteiger partial charge in [-0.25, -0.2) is 0 Å². The van der Waals surface area contributed by atoms with Gasteiger partial charge in [-0.1, -0.05) is 30.3 Å². The molecule has 2 aromatic carbocycles. The molecule has 0 radical (unpaired) electrons. The van der Waals surface area contributed by atoms with Gasteiger partial charge in [-0.05, 0) is 48.2 Å². The fourth-order valence-electron chi connectivity index (χ4n) is 2.57. The van der Waals surface area contributed by atoms with Crippen LogP contribution in [0.3, 0.4) is 0 Å². The summed E-state index contributed by atoms with van der Waals surface area (Å²) in [6.45, 7) is 0. The first kappa shape index (κ1) is 12.7. The van der Waals surface area contributed by atoms with Gasteiger partial charge in [-0.15, -0.1) is 0 Å². The second-order valence-corrected chi connectivity index (χ2v) is 4.93. The van der Waals surface area contributed by atoms with E-state index in [1.807, 2.05) is 54.6 Å². The third kappa shape index (κ3) is 2.37. The smallest absolute Gasteiger partial charge is 0.189 e. The maximum absolute atomic E-state index is 12.5. The number of allylic oxidation sites excluding steroid dienone is 1. The van der Waals surface area contributed by atoms with Crippen LogP contribution in [0.5, 0.6) is 5.75 Å². The lowest BCUT2D eigenvalue weighted by Gasteiger charge is -2.18. The normalized spacial score (nSPS) is 16.1. The first-order chi connectivity index (χ1) is 9.78. The Labute approximate surface area is 118 Å². The van der Waals surface area contributed by atoms with Crippen molar-refractivity contribution in [2.24, 2.45) is 0 Å². The van der Waals surface area contributed by atoms with Crippen LogP contribution in [0.15, 0.2) is 54.1 Å².